The normalized spacial score (nSPS) is 11.3. The van der Waals surface area contributed by atoms with Gasteiger partial charge in [-0.25, -0.2) is 0 Å². The predicted molar refractivity (Wildman–Crippen MR) is 178 cm³/mol. The first-order valence-corrected chi connectivity index (χ1v) is 17.7. The van der Waals surface area contributed by atoms with Gasteiger partial charge in [0.25, 0.3) is 0 Å². The van der Waals surface area contributed by atoms with Crippen molar-refractivity contribution in [2.45, 2.75) is 65.2 Å². The van der Waals surface area contributed by atoms with Gasteiger partial charge < -0.3 is 56.8 Å². The van der Waals surface area contributed by atoms with Crippen LogP contribution in [-0.2, 0) is 66.4 Å². The highest BCUT2D eigenvalue weighted by molar-refractivity contribution is 5.69. The molecule has 0 aromatic rings. The van der Waals surface area contributed by atoms with E-state index in [1.807, 2.05) is 0 Å². The molecule has 14 nitrogen and oxygen atoms in total. The quantitative estimate of drug-likeness (QED) is 0.0679. The van der Waals surface area contributed by atoms with E-state index in [4.69, 9.17) is 56.8 Å². The van der Waals surface area contributed by atoms with Crippen LogP contribution in [0.25, 0.3) is 0 Å². The summed E-state index contributed by atoms with van der Waals surface area (Å²) in [6.07, 6.45) is 8.77. The van der Waals surface area contributed by atoms with Gasteiger partial charge in [-0.2, -0.15) is 0 Å². The fourth-order valence-electron chi connectivity index (χ4n) is 3.84. The van der Waals surface area contributed by atoms with Crippen LogP contribution < -0.4 is 0 Å². The van der Waals surface area contributed by atoms with Crippen LogP contribution in [0.5, 0.6) is 0 Å². The third-order valence-electron chi connectivity index (χ3n) is 6.36. The summed E-state index contributed by atoms with van der Waals surface area (Å²) in [5, 5.41) is 0. The van der Waals surface area contributed by atoms with Crippen molar-refractivity contribution in [3.63, 3.8) is 0 Å². The second-order valence-electron chi connectivity index (χ2n) is 10.6. The minimum absolute atomic E-state index is 0.144. The molecule has 0 aromatic heterocycles. The minimum atomic E-state index is -0.313. The molecular formula is C34H66O14. The topological polar surface area (TPSA) is 145 Å². The van der Waals surface area contributed by atoms with E-state index in [0.717, 1.165) is 12.8 Å². The molecule has 286 valence electrons. The Kier molecular flexibility index (Phi) is 40.4. The number of carbonyl (C=O) groups is 2. The third-order valence-corrected chi connectivity index (χ3v) is 6.36. The van der Waals surface area contributed by atoms with Gasteiger partial charge in [0, 0.05) is 13.3 Å². The summed E-state index contributed by atoms with van der Waals surface area (Å²) < 4.78 is 64.2. The molecule has 0 amide bonds. The van der Waals surface area contributed by atoms with Crippen LogP contribution >= 0.6 is 0 Å². The van der Waals surface area contributed by atoms with Gasteiger partial charge in [0.05, 0.1) is 132 Å². The fraction of sp³-hybridized carbons (Fsp3) is 0.941. The fourth-order valence-corrected chi connectivity index (χ4v) is 3.84. The van der Waals surface area contributed by atoms with Crippen molar-refractivity contribution < 1.29 is 66.4 Å². The lowest BCUT2D eigenvalue weighted by atomic mass is 10.1. The Bertz CT molecular complexity index is 655. The largest absolute Gasteiger partial charge is 0.463 e. The molecule has 0 aliphatic rings. The molecule has 0 saturated heterocycles. The minimum Gasteiger partial charge on any atom is -0.463 e. The molecule has 0 radical (unpaired) electrons. The van der Waals surface area contributed by atoms with E-state index in [9.17, 15) is 9.59 Å². The zero-order valence-corrected chi connectivity index (χ0v) is 29.9. The molecule has 0 bridgehead atoms. The first kappa shape index (κ1) is 46.5. The van der Waals surface area contributed by atoms with Gasteiger partial charge in [0.15, 0.2) is 0 Å². The first-order valence-electron chi connectivity index (χ1n) is 17.7. The smallest absolute Gasteiger partial charge is 0.305 e. The summed E-state index contributed by atoms with van der Waals surface area (Å²) in [7, 11) is 0. The second-order valence-corrected chi connectivity index (χ2v) is 10.6. The zero-order valence-electron chi connectivity index (χ0n) is 29.9. The van der Waals surface area contributed by atoms with Crippen molar-refractivity contribution in [2.24, 2.45) is 0 Å². The Morgan fingerprint density at radius 1 is 0.333 bits per heavy atom. The Hall–Kier alpha value is -1.46. The maximum absolute atomic E-state index is 11.7. The van der Waals surface area contributed by atoms with Gasteiger partial charge in [-0.3, -0.25) is 9.59 Å². The molecule has 0 aliphatic carbocycles. The van der Waals surface area contributed by atoms with Gasteiger partial charge in [-0.15, -0.1) is 0 Å². The molecule has 0 spiro atoms. The summed E-state index contributed by atoms with van der Waals surface area (Å²) in [5.41, 5.74) is 0. The maximum atomic E-state index is 11.7. The van der Waals surface area contributed by atoms with Gasteiger partial charge in [0.1, 0.15) is 13.2 Å². The Morgan fingerprint density at radius 2 is 0.583 bits per heavy atom. The van der Waals surface area contributed by atoms with Crippen molar-refractivity contribution in [3.05, 3.63) is 0 Å². The van der Waals surface area contributed by atoms with Gasteiger partial charge in [-0.1, -0.05) is 45.4 Å². The van der Waals surface area contributed by atoms with E-state index in [-0.39, 0.29) is 25.2 Å². The Labute approximate surface area is 288 Å². The second kappa shape index (κ2) is 41.7. The lowest BCUT2D eigenvalue weighted by Gasteiger charge is -2.09. The maximum Gasteiger partial charge on any atom is 0.305 e. The van der Waals surface area contributed by atoms with E-state index < -0.39 is 0 Å². The molecule has 0 aliphatic heterocycles. The number of esters is 2. The average Bonchev–Trinajstić information content (AvgIpc) is 3.08. The molecule has 0 saturated carbocycles. The van der Waals surface area contributed by atoms with Crippen molar-refractivity contribution in [3.8, 4) is 0 Å². The zero-order chi connectivity index (χ0) is 34.9. The summed E-state index contributed by atoms with van der Waals surface area (Å²) in [5.74, 6) is -0.457. The molecule has 48 heavy (non-hydrogen) atoms. The number of rotatable bonds is 41. The first-order chi connectivity index (χ1) is 23.7. The van der Waals surface area contributed by atoms with E-state index in [0.29, 0.717) is 139 Å². The number of hydrogen-bond donors (Lipinski definition) is 0. The molecule has 0 heterocycles. The molecule has 0 atom stereocenters. The number of unbranched alkanes of at least 4 members (excludes halogenated alkanes) is 6. The molecule has 0 unspecified atom stereocenters. The Morgan fingerprint density at radius 3 is 0.875 bits per heavy atom. The highest BCUT2D eigenvalue weighted by Crippen LogP contribution is 2.08. The summed E-state index contributed by atoms with van der Waals surface area (Å²) in [4.78, 5) is 22.3. The molecule has 0 fully saturated rings. The van der Waals surface area contributed by atoms with Crippen molar-refractivity contribution in [2.75, 3.05) is 145 Å². The molecule has 14 heteroatoms. The number of hydrogen-bond acceptors (Lipinski definition) is 14. The van der Waals surface area contributed by atoms with Gasteiger partial charge in [-0.05, 0) is 6.42 Å². The standard InChI is InChI=1S/C34H66O14/c1-3-4-5-6-7-8-9-10-34(36)48-32-30-46-28-26-44-24-22-42-20-18-40-16-14-38-12-11-37-13-15-39-17-19-41-21-23-43-25-27-45-29-31-47-33(2)35/h3-32H2,1-2H3. The van der Waals surface area contributed by atoms with Crippen LogP contribution in [0.2, 0.25) is 0 Å². The van der Waals surface area contributed by atoms with Crippen LogP contribution in [0.4, 0.5) is 0 Å². The van der Waals surface area contributed by atoms with Crippen LogP contribution in [0, 0.1) is 0 Å². The molecular weight excluding hydrogens is 632 g/mol. The molecule has 0 aromatic carbocycles. The van der Waals surface area contributed by atoms with Crippen LogP contribution in [-0.4, -0.2) is 157 Å². The van der Waals surface area contributed by atoms with E-state index in [2.05, 4.69) is 6.92 Å². The van der Waals surface area contributed by atoms with E-state index >= 15 is 0 Å². The van der Waals surface area contributed by atoms with Gasteiger partial charge >= 0.3 is 11.9 Å². The SMILES string of the molecule is CCCCCCCCCC(=O)OCCOCCOCCOCCOCCOCCOCCOCCOCCOCCOCCOC(C)=O. The summed E-state index contributed by atoms with van der Waals surface area (Å²) in [6, 6.07) is 0. The predicted octanol–water partition coefficient (Wildman–Crippen LogP) is 3.40. The van der Waals surface area contributed by atoms with Crippen molar-refractivity contribution in [1.29, 1.82) is 0 Å². The van der Waals surface area contributed by atoms with E-state index in [1.54, 1.807) is 0 Å². The number of ether oxygens (including phenoxy) is 12. The molecule has 0 N–H and O–H groups in total. The van der Waals surface area contributed by atoms with Crippen molar-refractivity contribution in [1.82, 2.24) is 0 Å². The third kappa shape index (κ3) is 42.6. The van der Waals surface area contributed by atoms with Crippen molar-refractivity contribution >= 4 is 11.9 Å². The van der Waals surface area contributed by atoms with Crippen LogP contribution in [0.1, 0.15) is 65.2 Å². The summed E-state index contributed by atoms with van der Waals surface area (Å²) in [6.45, 7) is 13.5. The number of carbonyl (C=O) groups excluding carboxylic acids is 2. The molecule has 0 rings (SSSR count). The lowest BCUT2D eigenvalue weighted by molar-refractivity contribution is -0.145. The van der Waals surface area contributed by atoms with E-state index in [1.165, 1.54) is 39.0 Å². The summed E-state index contributed by atoms with van der Waals surface area (Å²) >= 11 is 0. The monoisotopic (exact) mass is 698 g/mol. The van der Waals surface area contributed by atoms with Crippen LogP contribution in [0.3, 0.4) is 0 Å². The average molecular weight is 699 g/mol. The highest BCUT2D eigenvalue weighted by Gasteiger charge is 2.03. The highest BCUT2D eigenvalue weighted by atomic mass is 16.6. The van der Waals surface area contributed by atoms with Gasteiger partial charge in [0.2, 0.25) is 0 Å². The lowest BCUT2D eigenvalue weighted by Crippen LogP contribution is -2.15. The van der Waals surface area contributed by atoms with Crippen LogP contribution in [0.15, 0.2) is 0 Å². The Balaban J connectivity index is 3.10.